The van der Waals surface area contributed by atoms with Crippen LogP contribution >= 0.6 is 11.3 Å². The zero-order valence-electron chi connectivity index (χ0n) is 6.77. The van der Waals surface area contributed by atoms with Crippen molar-refractivity contribution in [2.75, 3.05) is 13.9 Å². The number of aromatic nitrogens is 1. The lowest BCUT2D eigenvalue weighted by atomic mass is 10.4. The first kappa shape index (κ1) is 9.60. The van der Waals surface area contributed by atoms with E-state index in [4.69, 9.17) is 4.74 Å². The van der Waals surface area contributed by atoms with Crippen LogP contribution in [0, 0.1) is 0 Å². The van der Waals surface area contributed by atoms with E-state index >= 15 is 0 Å². The van der Waals surface area contributed by atoms with Gasteiger partial charge in [-0.2, -0.15) is 0 Å². The van der Waals surface area contributed by atoms with Gasteiger partial charge in [-0.05, 0) is 0 Å². The summed E-state index contributed by atoms with van der Waals surface area (Å²) in [6.45, 7) is 0.104. The van der Waals surface area contributed by atoms with Gasteiger partial charge in [-0.25, -0.2) is 4.98 Å². The molecular formula is C7H11NO3S. The summed E-state index contributed by atoms with van der Waals surface area (Å²) in [5.41, 5.74) is 0. The third-order valence-electron chi connectivity index (χ3n) is 1.21. The molecule has 0 aromatic carbocycles. The lowest BCUT2D eigenvalue weighted by molar-refractivity contribution is -0.159. The molecule has 1 unspecified atom stereocenters. The number of hydrogen-bond acceptors (Lipinski definition) is 5. The molecule has 0 aliphatic rings. The summed E-state index contributed by atoms with van der Waals surface area (Å²) in [5.74, 6) is 0. The molecule has 1 N–H and O–H groups in total. The summed E-state index contributed by atoms with van der Waals surface area (Å²) in [5, 5.41) is 11.9. The van der Waals surface area contributed by atoms with Crippen LogP contribution in [0.4, 0.5) is 0 Å². The predicted molar refractivity (Wildman–Crippen MR) is 44.8 cm³/mol. The highest BCUT2D eigenvalue weighted by molar-refractivity contribution is 7.09. The quantitative estimate of drug-likeness (QED) is 0.690. The van der Waals surface area contributed by atoms with Crippen LogP contribution in [0.5, 0.6) is 0 Å². The van der Waals surface area contributed by atoms with Crippen molar-refractivity contribution < 1.29 is 14.6 Å². The molecule has 0 spiro atoms. The van der Waals surface area contributed by atoms with Gasteiger partial charge in [0.1, 0.15) is 6.79 Å². The van der Waals surface area contributed by atoms with Gasteiger partial charge in [-0.15, -0.1) is 11.3 Å². The number of aliphatic hydroxyl groups is 1. The monoisotopic (exact) mass is 189 g/mol. The normalized spacial score (nSPS) is 13.2. The summed E-state index contributed by atoms with van der Waals surface area (Å²) in [7, 11) is 1.51. The van der Waals surface area contributed by atoms with Crippen molar-refractivity contribution in [2.45, 2.75) is 12.7 Å². The maximum Gasteiger partial charge on any atom is 0.163 e. The van der Waals surface area contributed by atoms with Gasteiger partial charge in [-0.1, -0.05) is 0 Å². The van der Waals surface area contributed by atoms with Gasteiger partial charge < -0.3 is 14.6 Å². The van der Waals surface area contributed by atoms with Crippen LogP contribution in [0.1, 0.15) is 5.01 Å². The number of ether oxygens (including phenoxy) is 2. The van der Waals surface area contributed by atoms with Gasteiger partial charge in [0.15, 0.2) is 6.29 Å². The Morgan fingerprint density at radius 2 is 2.58 bits per heavy atom. The standard InChI is InChI=1S/C7H11NO3S/c1-10-5-11-7(9)4-6-8-2-3-12-6/h2-3,7,9H,4-5H2,1H3. The van der Waals surface area contributed by atoms with E-state index in [0.29, 0.717) is 6.42 Å². The second-order valence-corrected chi connectivity index (χ2v) is 3.14. The molecular weight excluding hydrogens is 178 g/mol. The van der Waals surface area contributed by atoms with E-state index in [1.165, 1.54) is 18.4 Å². The first-order chi connectivity index (χ1) is 5.83. The van der Waals surface area contributed by atoms with Gasteiger partial charge in [0.2, 0.25) is 0 Å². The molecule has 1 aromatic rings. The van der Waals surface area contributed by atoms with Crippen molar-refractivity contribution in [3.05, 3.63) is 16.6 Å². The molecule has 0 saturated heterocycles. The second-order valence-electron chi connectivity index (χ2n) is 2.16. The third kappa shape index (κ3) is 3.27. The number of aliphatic hydroxyl groups excluding tert-OH is 1. The van der Waals surface area contributed by atoms with E-state index in [1.54, 1.807) is 6.20 Å². The summed E-state index contributed by atoms with van der Waals surface area (Å²) in [6, 6.07) is 0. The van der Waals surface area contributed by atoms with Crippen LogP contribution in [-0.4, -0.2) is 30.3 Å². The summed E-state index contributed by atoms with van der Waals surface area (Å²) in [6.07, 6.45) is 1.29. The molecule has 0 aliphatic carbocycles. The number of methoxy groups -OCH3 is 1. The van der Waals surface area contributed by atoms with E-state index in [0.717, 1.165) is 5.01 Å². The fourth-order valence-corrected chi connectivity index (χ4v) is 1.35. The topological polar surface area (TPSA) is 51.6 Å². The molecule has 0 aliphatic heterocycles. The van der Waals surface area contributed by atoms with Crippen LogP contribution in [0.2, 0.25) is 0 Å². The Balaban J connectivity index is 2.22. The molecule has 68 valence electrons. The van der Waals surface area contributed by atoms with Crippen molar-refractivity contribution in [2.24, 2.45) is 0 Å². The van der Waals surface area contributed by atoms with Crippen LogP contribution < -0.4 is 0 Å². The minimum Gasteiger partial charge on any atom is -0.367 e. The minimum absolute atomic E-state index is 0.104. The van der Waals surface area contributed by atoms with Crippen LogP contribution in [0.15, 0.2) is 11.6 Å². The largest absolute Gasteiger partial charge is 0.367 e. The lowest BCUT2D eigenvalue weighted by Gasteiger charge is -2.08. The smallest absolute Gasteiger partial charge is 0.163 e. The highest BCUT2D eigenvalue weighted by atomic mass is 32.1. The average Bonchev–Trinajstić information content (AvgIpc) is 2.53. The van der Waals surface area contributed by atoms with E-state index in [2.05, 4.69) is 9.72 Å². The first-order valence-electron chi connectivity index (χ1n) is 3.50. The average molecular weight is 189 g/mol. The molecule has 12 heavy (non-hydrogen) atoms. The van der Waals surface area contributed by atoms with Crippen molar-refractivity contribution in [1.82, 2.24) is 4.98 Å². The highest BCUT2D eigenvalue weighted by Crippen LogP contribution is 2.07. The van der Waals surface area contributed by atoms with Crippen molar-refractivity contribution in [3.8, 4) is 0 Å². The molecule has 4 nitrogen and oxygen atoms in total. The molecule has 0 saturated carbocycles. The van der Waals surface area contributed by atoms with Gasteiger partial charge in [-0.3, -0.25) is 0 Å². The highest BCUT2D eigenvalue weighted by Gasteiger charge is 2.06. The summed E-state index contributed by atoms with van der Waals surface area (Å²) in [4.78, 5) is 4.00. The van der Waals surface area contributed by atoms with E-state index in [-0.39, 0.29) is 6.79 Å². The maximum absolute atomic E-state index is 9.22. The van der Waals surface area contributed by atoms with Gasteiger partial charge >= 0.3 is 0 Å². The van der Waals surface area contributed by atoms with Crippen LogP contribution in [-0.2, 0) is 15.9 Å². The number of hydrogen-bond donors (Lipinski definition) is 1. The summed E-state index contributed by atoms with van der Waals surface area (Å²) >= 11 is 1.49. The number of nitrogens with zero attached hydrogens (tertiary/aromatic N) is 1. The van der Waals surface area contributed by atoms with E-state index < -0.39 is 6.29 Å². The molecule has 1 atom stereocenters. The molecule has 0 amide bonds. The Kier molecular flexibility index (Phi) is 4.16. The van der Waals surface area contributed by atoms with Crippen LogP contribution in [0.3, 0.4) is 0 Å². The second kappa shape index (κ2) is 5.21. The zero-order chi connectivity index (χ0) is 8.81. The fourth-order valence-electron chi connectivity index (χ4n) is 0.709. The van der Waals surface area contributed by atoms with Crippen molar-refractivity contribution >= 4 is 11.3 Å². The maximum atomic E-state index is 9.22. The van der Waals surface area contributed by atoms with Gasteiger partial charge in [0.25, 0.3) is 0 Å². The fraction of sp³-hybridized carbons (Fsp3) is 0.571. The van der Waals surface area contributed by atoms with Crippen LogP contribution in [0.25, 0.3) is 0 Å². The third-order valence-corrected chi connectivity index (χ3v) is 2.01. The molecule has 0 bridgehead atoms. The zero-order valence-corrected chi connectivity index (χ0v) is 7.58. The first-order valence-corrected chi connectivity index (χ1v) is 4.38. The van der Waals surface area contributed by atoms with Crippen molar-refractivity contribution in [3.63, 3.8) is 0 Å². The van der Waals surface area contributed by atoms with E-state index in [9.17, 15) is 5.11 Å². The Morgan fingerprint density at radius 1 is 1.75 bits per heavy atom. The SMILES string of the molecule is COCOC(O)Cc1nccs1. The molecule has 0 radical (unpaired) electrons. The molecule has 1 rings (SSSR count). The Labute approximate surface area is 74.8 Å². The Bertz CT molecular complexity index is 202. The predicted octanol–water partition coefficient (Wildman–Crippen LogP) is 0.625. The summed E-state index contributed by atoms with van der Waals surface area (Å²) < 4.78 is 9.50. The van der Waals surface area contributed by atoms with E-state index in [1.807, 2.05) is 5.38 Å². The Hall–Kier alpha value is -0.490. The minimum atomic E-state index is -0.823. The molecule has 1 aromatic heterocycles. The molecule has 5 heteroatoms. The lowest BCUT2D eigenvalue weighted by Crippen LogP contribution is -2.16. The van der Waals surface area contributed by atoms with Crippen molar-refractivity contribution in [1.29, 1.82) is 0 Å². The van der Waals surface area contributed by atoms with Gasteiger partial charge in [0, 0.05) is 18.7 Å². The number of rotatable bonds is 5. The number of thiazole rings is 1. The molecule has 1 heterocycles. The van der Waals surface area contributed by atoms with Gasteiger partial charge in [0.05, 0.1) is 11.4 Å². The Morgan fingerprint density at radius 3 is 3.17 bits per heavy atom. The molecule has 0 fully saturated rings.